The van der Waals surface area contributed by atoms with E-state index in [1.54, 1.807) is 0 Å². The number of benzene rings is 11. The molecule has 1 aliphatic rings. The maximum absolute atomic E-state index is 2.51. The minimum Gasteiger partial charge on any atom is -0.0622 e. The third-order valence-corrected chi connectivity index (χ3v) is 12.5. The molecule has 254 valence electrons. The van der Waals surface area contributed by atoms with Crippen LogP contribution in [0.4, 0.5) is 0 Å². The van der Waals surface area contributed by atoms with Gasteiger partial charge in [-0.05, 0) is 116 Å². The quantitative estimate of drug-likeness (QED) is 0.161. The van der Waals surface area contributed by atoms with Crippen molar-refractivity contribution >= 4 is 53.9 Å². The topological polar surface area (TPSA) is 0 Å². The zero-order valence-corrected chi connectivity index (χ0v) is 30.1. The third-order valence-electron chi connectivity index (χ3n) is 12.5. The molecule has 0 spiro atoms. The lowest BCUT2D eigenvalue weighted by molar-refractivity contribution is 0.776. The van der Waals surface area contributed by atoms with E-state index in [2.05, 4.69) is 206 Å². The predicted octanol–water partition coefficient (Wildman–Crippen LogP) is 14.6. The van der Waals surface area contributed by atoms with E-state index in [0.29, 0.717) is 0 Å². The highest BCUT2D eigenvalue weighted by atomic mass is 14.5. The summed E-state index contributed by atoms with van der Waals surface area (Å²) in [6, 6.07) is 77.2. The minimum atomic E-state index is -0.499. The molecule has 0 heterocycles. The lowest BCUT2D eigenvalue weighted by Gasteiger charge is -2.35. The normalized spacial score (nSPS) is 13.2. The van der Waals surface area contributed by atoms with Gasteiger partial charge in [0.25, 0.3) is 0 Å². The van der Waals surface area contributed by atoms with Gasteiger partial charge in [0.05, 0.1) is 5.41 Å². The Morgan fingerprint density at radius 2 is 0.764 bits per heavy atom. The Labute approximate surface area is 319 Å². The number of fused-ring (bicyclic) bond motifs is 6. The zero-order chi connectivity index (χ0) is 36.1. The standard InChI is InChI=1S/C55H34/c1-3-15-40(16-4-1)55(41-17-5-2-6-18-41)51-34-39(27-30-47(51)50-33-22-36-13-8-10-20-44(36)54(50)55)43-28-23-37-26-32-49-46(29-24-38-25-31-48(43)52(37)53(38)49)45-21-11-14-35-12-7-9-19-42(35)45/h1-34H. The summed E-state index contributed by atoms with van der Waals surface area (Å²) in [6.45, 7) is 0. The molecule has 0 saturated heterocycles. The van der Waals surface area contributed by atoms with Crippen molar-refractivity contribution in [2.75, 3.05) is 0 Å². The maximum atomic E-state index is 2.51. The van der Waals surface area contributed by atoms with Gasteiger partial charge in [-0.25, -0.2) is 0 Å². The van der Waals surface area contributed by atoms with E-state index in [1.807, 2.05) is 0 Å². The van der Waals surface area contributed by atoms with Gasteiger partial charge in [0.2, 0.25) is 0 Å². The Morgan fingerprint density at radius 3 is 1.47 bits per heavy atom. The molecule has 11 aromatic carbocycles. The van der Waals surface area contributed by atoms with Gasteiger partial charge < -0.3 is 0 Å². The first-order valence-corrected chi connectivity index (χ1v) is 19.3. The first kappa shape index (κ1) is 30.4. The molecular formula is C55H34. The smallest absolute Gasteiger partial charge is 0.0622 e. The predicted molar refractivity (Wildman–Crippen MR) is 233 cm³/mol. The fourth-order valence-electron chi connectivity index (χ4n) is 10.2. The molecule has 0 amide bonds. The van der Waals surface area contributed by atoms with Gasteiger partial charge in [0.1, 0.15) is 0 Å². The van der Waals surface area contributed by atoms with Crippen molar-refractivity contribution in [1.82, 2.24) is 0 Å². The molecule has 0 bridgehead atoms. The van der Waals surface area contributed by atoms with Gasteiger partial charge in [-0.15, -0.1) is 0 Å². The average Bonchev–Trinajstić information content (AvgIpc) is 3.57. The number of hydrogen-bond donors (Lipinski definition) is 0. The highest BCUT2D eigenvalue weighted by Gasteiger charge is 2.47. The van der Waals surface area contributed by atoms with Crippen LogP contribution in [0, 0.1) is 0 Å². The summed E-state index contributed by atoms with van der Waals surface area (Å²) < 4.78 is 0. The Balaban J connectivity index is 1.14. The van der Waals surface area contributed by atoms with Gasteiger partial charge in [-0.1, -0.05) is 200 Å². The summed E-state index contributed by atoms with van der Waals surface area (Å²) in [5, 5.41) is 12.9. The van der Waals surface area contributed by atoms with Gasteiger partial charge in [0, 0.05) is 0 Å². The molecule has 12 rings (SSSR count). The van der Waals surface area contributed by atoms with Gasteiger partial charge in [0.15, 0.2) is 0 Å². The Kier molecular flexibility index (Phi) is 6.36. The second-order valence-electron chi connectivity index (χ2n) is 15.1. The van der Waals surface area contributed by atoms with Crippen molar-refractivity contribution in [2.45, 2.75) is 5.41 Å². The third kappa shape index (κ3) is 4.17. The summed E-state index contributed by atoms with van der Waals surface area (Å²) in [7, 11) is 0. The fraction of sp³-hybridized carbons (Fsp3) is 0.0182. The van der Waals surface area contributed by atoms with Crippen molar-refractivity contribution in [2.24, 2.45) is 0 Å². The zero-order valence-electron chi connectivity index (χ0n) is 30.1. The molecule has 0 fully saturated rings. The SMILES string of the molecule is c1ccc(C2(c3ccccc3)c3cc(-c4ccc5ccc6c(-c7cccc8ccccc78)ccc7ccc4c5c76)ccc3-c3ccc4ccccc4c32)cc1. The van der Waals surface area contributed by atoms with Crippen LogP contribution in [0.5, 0.6) is 0 Å². The fourth-order valence-corrected chi connectivity index (χ4v) is 10.2. The van der Waals surface area contributed by atoms with E-state index in [0.717, 1.165) is 0 Å². The highest BCUT2D eigenvalue weighted by molar-refractivity contribution is 6.28. The minimum absolute atomic E-state index is 0.499. The van der Waals surface area contributed by atoms with Crippen LogP contribution in [0.3, 0.4) is 0 Å². The molecule has 0 unspecified atom stereocenters. The molecule has 11 aromatic rings. The summed E-state index contributed by atoms with van der Waals surface area (Å²) >= 11 is 0. The first-order chi connectivity index (χ1) is 27.3. The van der Waals surface area contributed by atoms with Crippen LogP contribution in [-0.4, -0.2) is 0 Å². The van der Waals surface area contributed by atoms with Crippen molar-refractivity contribution in [3.63, 3.8) is 0 Å². The van der Waals surface area contributed by atoms with E-state index < -0.39 is 5.41 Å². The van der Waals surface area contributed by atoms with Crippen LogP contribution in [0.1, 0.15) is 22.3 Å². The molecule has 0 aromatic heterocycles. The van der Waals surface area contributed by atoms with Crippen LogP contribution in [-0.2, 0) is 5.41 Å². The summed E-state index contributed by atoms with van der Waals surface area (Å²) in [5.74, 6) is 0. The van der Waals surface area contributed by atoms with Crippen molar-refractivity contribution in [1.29, 1.82) is 0 Å². The average molecular weight is 695 g/mol. The molecule has 0 saturated carbocycles. The summed E-state index contributed by atoms with van der Waals surface area (Å²) in [4.78, 5) is 0. The molecule has 1 aliphatic carbocycles. The molecule has 0 nitrogen and oxygen atoms in total. The molecule has 55 heavy (non-hydrogen) atoms. The molecule has 0 N–H and O–H groups in total. The monoisotopic (exact) mass is 694 g/mol. The van der Waals surface area contributed by atoms with Crippen LogP contribution >= 0.6 is 0 Å². The molecule has 0 radical (unpaired) electrons. The molecule has 0 aliphatic heterocycles. The van der Waals surface area contributed by atoms with Crippen LogP contribution in [0.2, 0.25) is 0 Å². The van der Waals surface area contributed by atoms with Gasteiger partial charge in [-0.3, -0.25) is 0 Å². The van der Waals surface area contributed by atoms with E-state index in [9.17, 15) is 0 Å². The van der Waals surface area contributed by atoms with Gasteiger partial charge >= 0.3 is 0 Å². The van der Waals surface area contributed by atoms with E-state index in [1.165, 1.54) is 109 Å². The van der Waals surface area contributed by atoms with Crippen molar-refractivity contribution < 1.29 is 0 Å². The number of rotatable bonds is 4. The van der Waals surface area contributed by atoms with Crippen molar-refractivity contribution in [3.05, 3.63) is 229 Å². The Bertz CT molecular complexity index is 3250. The van der Waals surface area contributed by atoms with Crippen LogP contribution < -0.4 is 0 Å². The van der Waals surface area contributed by atoms with Crippen LogP contribution in [0.25, 0.3) is 87.2 Å². The van der Waals surface area contributed by atoms with E-state index in [4.69, 9.17) is 0 Å². The van der Waals surface area contributed by atoms with Gasteiger partial charge in [-0.2, -0.15) is 0 Å². The molecular weight excluding hydrogens is 661 g/mol. The summed E-state index contributed by atoms with van der Waals surface area (Å²) in [6.07, 6.45) is 0. The second-order valence-corrected chi connectivity index (χ2v) is 15.1. The highest BCUT2D eigenvalue weighted by Crippen LogP contribution is 2.59. The Hall–Kier alpha value is -7.02. The molecule has 0 heteroatoms. The van der Waals surface area contributed by atoms with E-state index in [-0.39, 0.29) is 0 Å². The second kappa shape index (κ2) is 11.5. The first-order valence-electron chi connectivity index (χ1n) is 19.3. The summed E-state index contributed by atoms with van der Waals surface area (Å²) in [5.41, 5.74) is 12.4. The maximum Gasteiger partial charge on any atom is 0.0719 e. The van der Waals surface area contributed by atoms with Crippen LogP contribution in [0.15, 0.2) is 206 Å². The number of hydrogen-bond acceptors (Lipinski definition) is 0. The Morgan fingerprint density at radius 1 is 0.273 bits per heavy atom. The van der Waals surface area contributed by atoms with Crippen molar-refractivity contribution in [3.8, 4) is 33.4 Å². The lowest BCUT2D eigenvalue weighted by atomic mass is 9.66. The largest absolute Gasteiger partial charge is 0.0719 e. The molecule has 0 atom stereocenters. The lowest BCUT2D eigenvalue weighted by Crippen LogP contribution is -2.28. The van der Waals surface area contributed by atoms with E-state index >= 15 is 0 Å².